The maximum Gasteiger partial charge on any atom is 0.408 e. The van der Waals surface area contributed by atoms with Gasteiger partial charge in [0.15, 0.2) is 11.4 Å². The molecule has 2 heterocycles. The number of rotatable bonds is 5. The summed E-state index contributed by atoms with van der Waals surface area (Å²) in [6.45, 7) is 5.58. The number of carbonyl (C=O) groups excluding carboxylic acids is 1. The Balaban J connectivity index is 1.58. The van der Waals surface area contributed by atoms with Crippen LogP contribution in [-0.2, 0) is 11.2 Å². The van der Waals surface area contributed by atoms with E-state index >= 15 is 0 Å². The summed E-state index contributed by atoms with van der Waals surface area (Å²) in [4.78, 5) is 17.3. The molecule has 0 saturated heterocycles. The Morgan fingerprint density at radius 1 is 1.03 bits per heavy atom. The van der Waals surface area contributed by atoms with Crippen LogP contribution in [0.25, 0.3) is 28.2 Å². The Labute approximate surface area is 210 Å². The molecule has 186 valence electrons. The number of aromatic nitrogens is 3. The number of nitrogens with one attached hydrogen (secondary N) is 1. The number of methoxy groups -OCH3 is 2. The van der Waals surface area contributed by atoms with E-state index in [1.165, 1.54) is 5.56 Å². The highest BCUT2D eigenvalue weighted by Crippen LogP contribution is 2.39. The van der Waals surface area contributed by atoms with Crippen LogP contribution in [0.5, 0.6) is 11.6 Å². The molecule has 0 radical (unpaired) electrons. The molecule has 1 aliphatic carbocycles. The molecule has 0 aliphatic heterocycles. The summed E-state index contributed by atoms with van der Waals surface area (Å²) in [5, 5.41) is 7.68. The molecule has 36 heavy (non-hydrogen) atoms. The van der Waals surface area contributed by atoms with Gasteiger partial charge in [-0.1, -0.05) is 42.5 Å². The van der Waals surface area contributed by atoms with Crippen molar-refractivity contribution in [3.63, 3.8) is 0 Å². The molecule has 0 saturated carbocycles. The Hall–Kier alpha value is -4.07. The normalized spacial score (nSPS) is 15.0. The monoisotopic (exact) mass is 486 g/mol. The van der Waals surface area contributed by atoms with Crippen LogP contribution in [0.4, 0.5) is 4.79 Å². The highest BCUT2D eigenvalue weighted by molar-refractivity contribution is 5.83. The van der Waals surface area contributed by atoms with Crippen molar-refractivity contribution in [1.29, 1.82) is 0 Å². The third kappa shape index (κ3) is 4.46. The molecule has 4 aromatic rings. The molecular weight excluding hydrogens is 456 g/mol. The fourth-order valence-corrected chi connectivity index (χ4v) is 4.64. The molecule has 2 aromatic heterocycles. The fourth-order valence-electron chi connectivity index (χ4n) is 4.64. The van der Waals surface area contributed by atoms with Crippen molar-refractivity contribution in [2.75, 3.05) is 14.2 Å². The first-order valence-corrected chi connectivity index (χ1v) is 12.0. The van der Waals surface area contributed by atoms with Crippen LogP contribution in [0.15, 0.2) is 54.6 Å². The van der Waals surface area contributed by atoms with Crippen molar-refractivity contribution in [2.24, 2.45) is 0 Å². The van der Waals surface area contributed by atoms with Crippen molar-refractivity contribution in [2.45, 2.75) is 45.3 Å². The zero-order chi connectivity index (χ0) is 25.4. The number of benzene rings is 2. The zero-order valence-electron chi connectivity index (χ0n) is 21.2. The van der Waals surface area contributed by atoms with Gasteiger partial charge in [0.25, 0.3) is 0 Å². The van der Waals surface area contributed by atoms with Crippen molar-refractivity contribution < 1.29 is 19.0 Å². The first-order chi connectivity index (χ1) is 17.3. The van der Waals surface area contributed by atoms with Gasteiger partial charge in [0.05, 0.1) is 26.0 Å². The lowest BCUT2D eigenvalue weighted by molar-refractivity contribution is 0.0503. The number of nitrogens with zero attached hydrogens (tertiary/aromatic N) is 3. The number of carbonyl (C=O) groups is 1. The van der Waals surface area contributed by atoms with Crippen molar-refractivity contribution >= 4 is 11.7 Å². The average Bonchev–Trinajstić information content (AvgIpc) is 3.43. The third-order valence-electron chi connectivity index (χ3n) is 6.19. The quantitative estimate of drug-likeness (QED) is 0.396. The van der Waals surface area contributed by atoms with Crippen LogP contribution in [-0.4, -0.2) is 40.5 Å². The van der Waals surface area contributed by atoms with Gasteiger partial charge in [0.2, 0.25) is 5.88 Å². The maximum atomic E-state index is 12.4. The molecule has 0 unspecified atom stereocenters. The molecule has 5 rings (SSSR count). The van der Waals surface area contributed by atoms with Crippen LogP contribution < -0.4 is 14.8 Å². The van der Waals surface area contributed by atoms with E-state index in [9.17, 15) is 4.79 Å². The summed E-state index contributed by atoms with van der Waals surface area (Å²) in [5.41, 5.74) is 5.95. The molecule has 2 aromatic carbocycles. The summed E-state index contributed by atoms with van der Waals surface area (Å²) in [5.74, 6) is 1.01. The summed E-state index contributed by atoms with van der Waals surface area (Å²) in [6.07, 6.45) is 1.28. The molecule has 1 N–H and O–H groups in total. The zero-order valence-corrected chi connectivity index (χ0v) is 21.2. The van der Waals surface area contributed by atoms with E-state index < -0.39 is 11.7 Å². The van der Waals surface area contributed by atoms with Gasteiger partial charge < -0.3 is 19.5 Å². The smallest absolute Gasteiger partial charge is 0.408 e. The van der Waals surface area contributed by atoms with Crippen LogP contribution >= 0.6 is 0 Å². The van der Waals surface area contributed by atoms with Gasteiger partial charge in [-0.3, -0.25) is 0 Å². The summed E-state index contributed by atoms with van der Waals surface area (Å²) >= 11 is 0. The molecule has 0 fully saturated rings. The van der Waals surface area contributed by atoms with Gasteiger partial charge in [-0.25, -0.2) is 14.3 Å². The molecule has 8 nitrogen and oxygen atoms in total. The number of imidazole rings is 1. The number of fused-ring (bicyclic) bond motifs is 2. The minimum atomic E-state index is -0.538. The van der Waals surface area contributed by atoms with Crippen molar-refractivity contribution in [1.82, 2.24) is 19.9 Å². The van der Waals surface area contributed by atoms with E-state index in [1.807, 2.05) is 57.2 Å². The number of hydrogen-bond acceptors (Lipinski definition) is 6. The van der Waals surface area contributed by atoms with Gasteiger partial charge in [0.1, 0.15) is 11.3 Å². The highest BCUT2D eigenvalue weighted by atomic mass is 16.6. The first-order valence-electron chi connectivity index (χ1n) is 12.0. The maximum absolute atomic E-state index is 12.4. The topological polar surface area (TPSA) is 87.0 Å². The lowest BCUT2D eigenvalue weighted by Crippen LogP contribution is -2.34. The number of hydrogen-bond donors (Lipinski definition) is 1. The lowest BCUT2D eigenvalue weighted by Gasteiger charge is -2.22. The molecule has 1 aliphatic rings. The highest BCUT2D eigenvalue weighted by Gasteiger charge is 2.28. The fraction of sp³-hybridized carbons (Fsp3) is 0.321. The Bertz CT molecular complexity index is 1420. The second-order valence-electron chi connectivity index (χ2n) is 9.82. The standard InChI is InChI=1S/C28H30N4O4/c1-28(2,3)36-27(33)29-21-14-12-18-15-19(11-13-20(18)21)24-25(17-9-7-6-8-10-17)32-26(30-24)22(34-4)16-23(31-32)35-5/h6-11,13,15-16,21H,12,14H2,1-5H3,(H,29,33)/t21-/m0/s1. The average molecular weight is 487 g/mol. The van der Waals surface area contributed by atoms with E-state index in [2.05, 4.69) is 22.5 Å². The minimum absolute atomic E-state index is 0.0791. The van der Waals surface area contributed by atoms with E-state index in [4.69, 9.17) is 19.2 Å². The van der Waals surface area contributed by atoms with Crippen molar-refractivity contribution in [3.8, 4) is 34.1 Å². The Morgan fingerprint density at radius 2 is 1.81 bits per heavy atom. The Kier molecular flexibility index (Phi) is 6.04. The minimum Gasteiger partial charge on any atom is -0.493 e. The second kappa shape index (κ2) is 9.18. The van der Waals surface area contributed by atoms with Gasteiger partial charge >= 0.3 is 6.09 Å². The van der Waals surface area contributed by atoms with Crippen molar-refractivity contribution in [3.05, 3.63) is 65.7 Å². The van der Waals surface area contributed by atoms with E-state index in [0.29, 0.717) is 17.3 Å². The third-order valence-corrected chi connectivity index (χ3v) is 6.19. The molecular formula is C28H30N4O4. The summed E-state index contributed by atoms with van der Waals surface area (Å²) < 4.78 is 18.3. The van der Waals surface area contributed by atoms with Gasteiger partial charge in [-0.2, -0.15) is 0 Å². The van der Waals surface area contributed by atoms with Gasteiger partial charge in [0, 0.05) is 17.2 Å². The molecule has 0 spiro atoms. The number of ether oxygens (including phenoxy) is 3. The van der Waals surface area contributed by atoms with Crippen LogP contribution in [0.1, 0.15) is 44.4 Å². The largest absolute Gasteiger partial charge is 0.493 e. The second-order valence-corrected chi connectivity index (χ2v) is 9.82. The number of alkyl carbamates (subject to hydrolysis) is 1. The number of amides is 1. The van der Waals surface area contributed by atoms with Crippen LogP contribution in [0.2, 0.25) is 0 Å². The molecule has 0 bridgehead atoms. The van der Waals surface area contributed by atoms with E-state index in [-0.39, 0.29) is 6.04 Å². The Morgan fingerprint density at radius 3 is 2.50 bits per heavy atom. The predicted molar refractivity (Wildman–Crippen MR) is 137 cm³/mol. The lowest BCUT2D eigenvalue weighted by atomic mass is 10.00. The van der Waals surface area contributed by atoms with Crippen LogP contribution in [0.3, 0.4) is 0 Å². The summed E-state index contributed by atoms with van der Waals surface area (Å²) in [7, 11) is 3.19. The first kappa shape index (κ1) is 23.7. The van der Waals surface area contributed by atoms with Gasteiger partial charge in [-0.15, -0.1) is 5.10 Å². The van der Waals surface area contributed by atoms with E-state index in [1.54, 1.807) is 24.8 Å². The summed E-state index contributed by atoms with van der Waals surface area (Å²) in [6, 6.07) is 18.0. The predicted octanol–water partition coefficient (Wildman–Crippen LogP) is 5.59. The molecule has 1 atom stereocenters. The molecule has 8 heteroatoms. The van der Waals surface area contributed by atoms with E-state index in [0.717, 1.165) is 40.9 Å². The molecule has 1 amide bonds. The number of aryl methyl sites for hydroxylation is 1. The van der Waals surface area contributed by atoms with Crippen LogP contribution in [0, 0.1) is 0 Å². The SMILES string of the molecule is COc1cc(OC)c2nc(-c3ccc4c(c3)CC[C@@H]4NC(=O)OC(C)(C)C)c(-c3ccccc3)n2n1. The van der Waals surface area contributed by atoms with Gasteiger partial charge in [-0.05, 0) is 50.8 Å².